The van der Waals surface area contributed by atoms with E-state index in [2.05, 4.69) is 54.0 Å². The van der Waals surface area contributed by atoms with Crippen molar-refractivity contribution in [3.8, 4) is 0 Å². The molecule has 0 spiro atoms. The third-order valence-corrected chi connectivity index (χ3v) is 5.01. The zero-order valence-electron chi connectivity index (χ0n) is 15.7. The second-order valence-corrected chi connectivity index (χ2v) is 6.73. The first-order valence-corrected chi connectivity index (χ1v) is 9.19. The SMILES string of the molecule is CCn1c2ccccc2c2cc(N(N)/C(=C(/C)N)c3ccccc3)ccc21. The Bertz CT molecular complexity index is 1140. The van der Waals surface area contributed by atoms with Gasteiger partial charge in [-0.15, -0.1) is 0 Å². The second-order valence-electron chi connectivity index (χ2n) is 6.73. The second kappa shape index (κ2) is 6.82. The summed E-state index contributed by atoms with van der Waals surface area (Å²) in [6, 6.07) is 24.8. The van der Waals surface area contributed by atoms with E-state index in [-0.39, 0.29) is 0 Å². The van der Waals surface area contributed by atoms with Crippen molar-refractivity contribution in [1.82, 2.24) is 4.57 Å². The minimum atomic E-state index is 0.680. The summed E-state index contributed by atoms with van der Waals surface area (Å²) in [4.78, 5) is 0. The molecule has 0 atom stereocenters. The summed E-state index contributed by atoms with van der Waals surface area (Å²) in [6.07, 6.45) is 0. The molecule has 3 aromatic carbocycles. The predicted molar refractivity (Wildman–Crippen MR) is 115 cm³/mol. The summed E-state index contributed by atoms with van der Waals surface area (Å²) in [5.74, 6) is 6.54. The van der Waals surface area contributed by atoms with Gasteiger partial charge in [0, 0.05) is 39.6 Å². The van der Waals surface area contributed by atoms with E-state index in [1.54, 1.807) is 5.01 Å². The molecule has 0 radical (unpaired) electrons. The lowest BCUT2D eigenvalue weighted by Crippen LogP contribution is -2.31. The van der Waals surface area contributed by atoms with Crippen LogP contribution >= 0.6 is 0 Å². The third-order valence-electron chi connectivity index (χ3n) is 5.01. The van der Waals surface area contributed by atoms with Crippen LogP contribution in [-0.4, -0.2) is 4.57 Å². The summed E-state index contributed by atoms with van der Waals surface area (Å²) in [5.41, 5.74) is 12.0. The molecule has 0 aliphatic rings. The molecular weight excluding hydrogens is 332 g/mol. The number of rotatable bonds is 4. The summed E-state index contributed by atoms with van der Waals surface area (Å²) in [6.45, 7) is 4.97. The van der Waals surface area contributed by atoms with Crippen molar-refractivity contribution < 1.29 is 0 Å². The van der Waals surface area contributed by atoms with Crippen molar-refractivity contribution in [3.05, 3.63) is 84.1 Å². The third kappa shape index (κ3) is 2.84. The molecule has 4 heteroatoms. The quantitative estimate of drug-likeness (QED) is 0.406. The van der Waals surface area contributed by atoms with E-state index in [4.69, 9.17) is 11.6 Å². The Morgan fingerprint density at radius 1 is 0.889 bits per heavy atom. The first-order chi connectivity index (χ1) is 13.1. The first kappa shape index (κ1) is 17.2. The van der Waals surface area contributed by atoms with Gasteiger partial charge in [0.2, 0.25) is 0 Å². The molecule has 0 saturated heterocycles. The topological polar surface area (TPSA) is 60.2 Å². The molecule has 1 aromatic heterocycles. The first-order valence-electron chi connectivity index (χ1n) is 9.19. The number of aromatic nitrogens is 1. The van der Waals surface area contributed by atoms with Crippen LogP contribution in [0.25, 0.3) is 27.5 Å². The minimum absolute atomic E-state index is 0.680. The molecule has 136 valence electrons. The number of allylic oxidation sites excluding steroid dienone is 1. The van der Waals surface area contributed by atoms with Crippen molar-refractivity contribution in [3.63, 3.8) is 0 Å². The molecule has 0 amide bonds. The normalized spacial score (nSPS) is 12.4. The molecule has 27 heavy (non-hydrogen) atoms. The predicted octanol–water partition coefficient (Wildman–Crippen LogP) is 4.84. The maximum absolute atomic E-state index is 6.54. The number of hydrogen-bond acceptors (Lipinski definition) is 3. The van der Waals surface area contributed by atoms with Crippen LogP contribution in [0.4, 0.5) is 5.69 Å². The van der Waals surface area contributed by atoms with Crippen LogP contribution in [0.2, 0.25) is 0 Å². The van der Waals surface area contributed by atoms with Gasteiger partial charge in [-0.3, -0.25) is 5.01 Å². The van der Waals surface area contributed by atoms with Crippen molar-refractivity contribution in [1.29, 1.82) is 0 Å². The fourth-order valence-corrected chi connectivity index (χ4v) is 3.81. The van der Waals surface area contributed by atoms with Gasteiger partial charge in [-0.2, -0.15) is 0 Å². The Morgan fingerprint density at radius 3 is 2.26 bits per heavy atom. The van der Waals surface area contributed by atoms with E-state index < -0.39 is 0 Å². The number of nitrogens with zero attached hydrogens (tertiary/aromatic N) is 2. The summed E-state index contributed by atoms with van der Waals surface area (Å²) in [7, 11) is 0. The van der Waals surface area contributed by atoms with Gasteiger partial charge in [-0.1, -0.05) is 48.5 Å². The molecule has 0 aliphatic carbocycles. The highest BCUT2D eigenvalue weighted by Gasteiger charge is 2.15. The summed E-state index contributed by atoms with van der Waals surface area (Å²) in [5, 5.41) is 4.11. The zero-order valence-corrected chi connectivity index (χ0v) is 15.7. The average molecular weight is 356 g/mol. The summed E-state index contributed by atoms with van der Waals surface area (Å²) < 4.78 is 2.33. The molecule has 0 saturated carbocycles. The van der Waals surface area contributed by atoms with Gasteiger partial charge >= 0.3 is 0 Å². The number of nitrogens with two attached hydrogens (primary N) is 2. The smallest absolute Gasteiger partial charge is 0.0831 e. The van der Waals surface area contributed by atoms with E-state index in [1.807, 2.05) is 37.3 Å². The number of anilines is 1. The Morgan fingerprint density at radius 2 is 1.56 bits per heavy atom. The number of para-hydroxylation sites is 1. The lowest BCUT2D eigenvalue weighted by Gasteiger charge is -2.24. The Hall–Kier alpha value is -3.24. The van der Waals surface area contributed by atoms with Gasteiger partial charge in [0.15, 0.2) is 0 Å². The highest BCUT2D eigenvalue weighted by atomic mass is 15.4. The summed E-state index contributed by atoms with van der Waals surface area (Å²) >= 11 is 0. The number of benzene rings is 3. The van der Waals surface area contributed by atoms with Crippen LogP contribution in [0.3, 0.4) is 0 Å². The fourth-order valence-electron chi connectivity index (χ4n) is 3.81. The van der Waals surface area contributed by atoms with Crippen molar-refractivity contribution in [2.75, 3.05) is 5.01 Å². The zero-order chi connectivity index (χ0) is 19.0. The van der Waals surface area contributed by atoms with Crippen LogP contribution in [0.1, 0.15) is 19.4 Å². The van der Waals surface area contributed by atoms with Crippen LogP contribution < -0.4 is 16.6 Å². The lowest BCUT2D eigenvalue weighted by atomic mass is 10.1. The Balaban J connectivity index is 1.89. The average Bonchev–Trinajstić information content (AvgIpc) is 3.01. The molecular formula is C23H24N4. The molecule has 4 aromatic rings. The maximum atomic E-state index is 6.54. The van der Waals surface area contributed by atoms with Crippen LogP contribution in [0.5, 0.6) is 0 Å². The number of hydrazine groups is 1. The molecule has 4 N–H and O–H groups in total. The highest BCUT2D eigenvalue weighted by molar-refractivity contribution is 6.09. The van der Waals surface area contributed by atoms with Crippen molar-refractivity contribution in [2.45, 2.75) is 20.4 Å². The molecule has 0 bridgehead atoms. The number of aryl methyl sites for hydroxylation is 1. The monoisotopic (exact) mass is 356 g/mol. The molecule has 0 aliphatic heterocycles. The standard InChI is InChI=1S/C23H24N4/c1-3-26-21-12-8-7-11-19(21)20-15-18(13-14-22(20)26)27(25)23(16(2)24)17-9-5-4-6-10-17/h4-15H,3,24-25H2,1-2H3/b23-16-. The molecule has 1 heterocycles. The van der Waals surface area contributed by atoms with E-state index in [1.165, 1.54) is 21.8 Å². The van der Waals surface area contributed by atoms with Gasteiger partial charge in [0.25, 0.3) is 0 Å². The van der Waals surface area contributed by atoms with E-state index >= 15 is 0 Å². The van der Waals surface area contributed by atoms with Crippen LogP contribution in [0, 0.1) is 0 Å². The largest absolute Gasteiger partial charge is 0.401 e. The molecule has 0 fully saturated rings. The molecule has 0 unspecified atom stereocenters. The van der Waals surface area contributed by atoms with Gasteiger partial charge in [-0.25, -0.2) is 5.84 Å². The maximum Gasteiger partial charge on any atom is 0.0831 e. The minimum Gasteiger partial charge on any atom is -0.401 e. The van der Waals surface area contributed by atoms with Gasteiger partial charge in [-0.05, 0) is 38.1 Å². The molecule has 4 nitrogen and oxygen atoms in total. The van der Waals surface area contributed by atoms with Gasteiger partial charge < -0.3 is 10.3 Å². The van der Waals surface area contributed by atoms with Crippen LogP contribution in [0.15, 0.2) is 78.5 Å². The Labute approximate surface area is 159 Å². The van der Waals surface area contributed by atoms with Crippen LogP contribution in [-0.2, 0) is 6.54 Å². The fraction of sp³-hybridized carbons (Fsp3) is 0.130. The highest BCUT2D eigenvalue weighted by Crippen LogP contribution is 2.33. The van der Waals surface area contributed by atoms with E-state index in [0.29, 0.717) is 5.70 Å². The Kier molecular flexibility index (Phi) is 4.34. The van der Waals surface area contributed by atoms with E-state index in [0.717, 1.165) is 23.5 Å². The van der Waals surface area contributed by atoms with Gasteiger partial charge in [0.1, 0.15) is 0 Å². The number of hydrogen-bond donors (Lipinski definition) is 2. The lowest BCUT2D eigenvalue weighted by molar-refractivity contribution is 0.827. The van der Waals surface area contributed by atoms with Crippen molar-refractivity contribution in [2.24, 2.45) is 11.6 Å². The van der Waals surface area contributed by atoms with Gasteiger partial charge in [0.05, 0.1) is 11.4 Å². The molecule has 4 rings (SSSR count). The number of fused-ring (bicyclic) bond motifs is 3. The van der Waals surface area contributed by atoms with Crippen molar-refractivity contribution >= 4 is 33.2 Å². The van der Waals surface area contributed by atoms with E-state index in [9.17, 15) is 0 Å².